The van der Waals surface area contributed by atoms with Gasteiger partial charge in [-0.3, -0.25) is 4.79 Å². The molecule has 37 heavy (non-hydrogen) atoms. The normalized spacial score (nSPS) is 12.1. The second-order valence-corrected chi connectivity index (χ2v) is 11.7. The fourth-order valence-corrected chi connectivity index (χ4v) is 5.94. The van der Waals surface area contributed by atoms with Gasteiger partial charge < -0.3 is 10.1 Å². The van der Waals surface area contributed by atoms with Crippen molar-refractivity contribution in [2.75, 3.05) is 11.9 Å². The number of amides is 1. The van der Waals surface area contributed by atoms with Crippen LogP contribution in [0.3, 0.4) is 0 Å². The number of hydrogen-bond acceptors (Lipinski definition) is 5. The third kappa shape index (κ3) is 6.51. The molecule has 6 heteroatoms. The molecule has 0 aliphatic rings. The molecule has 190 valence electrons. The summed E-state index contributed by atoms with van der Waals surface area (Å²) in [5.74, 6) is -0.636. The predicted molar refractivity (Wildman–Crippen MR) is 155 cm³/mol. The predicted octanol–water partition coefficient (Wildman–Crippen LogP) is 8.36. The van der Waals surface area contributed by atoms with Gasteiger partial charge in [0.05, 0.1) is 6.61 Å². The van der Waals surface area contributed by atoms with Gasteiger partial charge in [0.25, 0.3) is 0 Å². The van der Waals surface area contributed by atoms with E-state index in [0.717, 1.165) is 21.6 Å². The number of thioether (sulfide) groups is 1. The lowest BCUT2D eigenvalue weighted by atomic mass is 9.86. The molecule has 0 unspecified atom stereocenters. The van der Waals surface area contributed by atoms with Crippen molar-refractivity contribution in [2.24, 2.45) is 0 Å². The van der Waals surface area contributed by atoms with Gasteiger partial charge in [-0.2, -0.15) is 0 Å². The van der Waals surface area contributed by atoms with Crippen molar-refractivity contribution in [1.29, 1.82) is 0 Å². The van der Waals surface area contributed by atoms with E-state index in [0.29, 0.717) is 10.6 Å². The third-order valence-corrected chi connectivity index (χ3v) is 8.07. The Bertz CT molecular complexity index is 1340. The number of nitrogens with one attached hydrogen (secondary N) is 1. The Morgan fingerprint density at radius 2 is 1.54 bits per heavy atom. The molecule has 0 radical (unpaired) electrons. The number of anilines is 1. The summed E-state index contributed by atoms with van der Waals surface area (Å²) in [5.41, 5.74) is 4.18. The first kappa shape index (κ1) is 26.7. The molecule has 0 fully saturated rings. The number of ether oxygens (including phenoxy) is 1. The molecule has 4 rings (SSSR count). The van der Waals surface area contributed by atoms with E-state index >= 15 is 0 Å². The lowest BCUT2D eigenvalue weighted by Crippen LogP contribution is -2.20. The van der Waals surface area contributed by atoms with Gasteiger partial charge in [0.2, 0.25) is 5.91 Å². The van der Waals surface area contributed by atoms with Crippen LogP contribution in [0.4, 0.5) is 5.00 Å². The number of hydrogen-bond donors (Lipinski definition) is 1. The maximum absolute atomic E-state index is 13.7. The van der Waals surface area contributed by atoms with Gasteiger partial charge in [-0.1, -0.05) is 93.6 Å². The average Bonchev–Trinajstić information content (AvgIpc) is 3.31. The highest BCUT2D eigenvalue weighted by Crippen LogP contribution is 2.40. The quantitative estimate of drug-likeness (QED) is 0.184. The van der Waals surface area contributed by atoms with E-state index in [1.54, 1.807) is 6.92 Å². The van der Waals surface area contributed by atoms with Crippen LogP contribution < -0.4 is 5.32 Å². The standard InChI is InChI=1S/C31H31NO3S2/c1-5-35-30(34)26-25(21-16-18-23(19-17-21)31(2,3)4)20-36-29(26)32-28(33)27(22-12-8-6-9-13-22)37-24-14-10-7-11-15-24/h6-20,27H,5H2,1-4H3,(H,32,33)/t27-/m0/s1. The van der Waals surface area contributed by atoms with Crippen LogP contribution in [0.15, 0.2) is 95.2 Å². The third-order valence-electron chi connectivity index (χ3n) is 5.91. The van der Waals surface area contributed by atoms with Gasteiger partial charge in [0, 0.05) is 15.8 Å². The van der Waals surface area contributed by atoms with Crippen molar-refractivity contribution in [2.45, 2.75) is 43.3 Å². The average molecular weight is 530 g/mol. The molecule has 0 aliphatic carbocycles. The molecular weight excluding hydrogens is 498 g/mol. The van der Waals surface area contributed by atoms with Gasteiger partial charge in [0.1, 0.15) is 15.8 Å². The van der Waals surface area contributed by atoms with Gasteiger partial charge in [-0.15, -0.1) is 23.1 Å². The van der Waals surface area contributed by atoms with Crippen LogP contribution in [0, 0.1) is 0 Å². The smallest absolute Gasteiger partial charge is 0.341 e. The first-order valence-electron chi connectivity index (χ1n) is 12.2. The van der Waals surface area contributed by atoms with Gasteiger partial charge in [0.15, 0.2) is 0 Å². The minimum Gasteiger partial charge on any atom is -0.462 e. The summed E-state index contributed by atoms with van der Waals surface area (Å²) in [7, 11) is 0. The Kier molecular flexibility index (Phi) is 8.52. The largest absolute Gasteiger partial charge is 0.462 e. The van der Waals surface area contributed by atoms with E-state index in [4.69, 9.17) is 4.74 Å². The molecule has 1 amide bonds. The number of thiophene rings is 1. The van der Waals surface area contributed by atoms with Crippen LogP contribution in [-0.4, -0.2) is 18.5 Å². The number of esters is 1. The molecule has 4 aromatic rings. The first-order valence-corrected chi connectivity index (χ1v) is 14.0. The summed E-state index contributed by atoms with van der Waals surface area (Å²) in [5, 5.41) is 4.97. The molecule has 1 heterocycles. The summed E-state index contributed by atoms with van der Waals surface area (Å²) in [6.45, 7) is 8.53. The Morgan fingerprint density at radius 1 is 0.919 bits per heavy atom. The highest BCUT2D eigenvalue weighted by molar-refractivity contribution is 8.00. The number of carbonyl (C=O) groups is 2. The lowest BCUT2D eigenvalue weighted by molar-refractivity contribution is -0.115. The Morgan fingerprint density at radius 3 is 2.14 bits per heavy atom. The second-order valence-electron chi connectivity index (χ2n) is 9.61. The van der Waals surface area contributed by atoms with Crippen LogP contribution in [0.1, 0.15) is 54.4 Å². The van der Waals surface area contributed by atoms with Crippen molar-refractivity contribution in [3.05, 3.63) is 107 Å². The monoisotopic (exact) mass is 529 g/mol. The van der Waals surface area contributed by atoms with Crippen LogP contribution in [0.25, 0.3) is 11.1 Å². The lowest BCUT2D eigenvalue weighted by Gasteiger charge is -2.19. The molecule has 0 saturated carbocycles. The van der Waals surface area contributed by atoms with Crippen LogP contribution in [0.5, 0.6) is 0 Å². The fraction of sp³-hybridized carbons (Fsp3) is 0.226. The molecule has 1 N–H and O–H groups in total. The summed E-state index contributed by atoms with van der Waals surface area (Å²) in [4.78, 5) is 27.7. The first-order chi connectivity index (χ1) is 17.8. The second kappa shape index (κ2) is 11.8. The van der Waals surface area contributed by atoms with Crippen molar-refractivity contribution >= 4 is 40.0 Å². The highest BCUT2D eigenvalue weighted by atomic mass is 32.2. The highest BCUT2D eigenvalue weighted by Gasteiger charge is 2.27. The molecule has 0 aliphatic heterocycles. The number of rotatable bonds is 8. The van der Waals surface area contributed by atoms with Gasteiger partial charge in [-0.05, 0) is 41.2 Å². The maximum Gasteiger partial charge on any atom is 0.341 e. The molecule has 1 aromatic heterocycles. The van der Waals surface area contributed by atoms with Crippen molar-refractivity contribution in [3.8, 4) is 11.1 Å². The van der Waals surface area contributed by atoms with E-state index in [2.05, 4.69) is 38.2 Å². The van der Waals surface area contributed by atoms with Crippen molar-refractivity contribution < 1.29 is 14.3 Å². The SMILES string of the molecule is CCOC(=O)c1c(-c2ccc(C(C)(C)C)cc2)csc1NC(=O)[C@@H](Sc1ccccc1)c1ccccc1. The van der Waals surface area contributed by atoms with Gasteiger partial charge >= 0.3 is 5.97 Å². The Balaban J connectivity index is 1.68. The molecule has 1 atom stereocenters. The molecule has 0 bridgehead atoms. The maximum atomic E-state index is 13.7. The minimum atomic E-state index is -0.490. The number of benzene rings is 3. The van der Waals surface area contributed by atoms with E-state index < -0.39 is 11.2 Å². The fourth-order valence-electron chi connectivity index (χ4n) is 3.93. The summed E-state index contributed by atoms with van der Waals surface area (Å²) < 4.78 is 5.40. The number of carbonyl (C=O) groups excluding carboxylic acids is 2. The Labute approximate surface area is 227 Å². The molecular formula is C31H31NO3S2. The van der Waals surface area contributed by atoms with Crippen LogP contribution in [0.2, 0.25) is 0 Å². The summed E-state index contributed by atoms with van der Waals surface area (Å²) in [6.07, 6.45) is 0. The summed E-state index contributed by atoms with van der Waals surface area (Å²) in [6, 6.07) is 27.7. The molecule has 0 saturated heterocycles. The molecule has 0 spiro atoms. The zero-order chi connectivity index (χ0) is 26.4. The topological polar surface area (TPSA) is 55.4 Å². The Hall–Kier alpha value is -3.35. The summed E-state index contributed by atoms with van der Waals surface area (Å²) >= 11 is 2.82. The zero-order valence-corrected chi connectivity index (χ0v) is 23.1. The van der Waals surface area contributed by atoms with Gasteiger partial charge in [-0.25, -0.2) is 4.79 Å². The minimum absolute atomic E-state index is 0.0269. The van der Waals surface area contributed by atoms with Crippen LogP contribution >= 0.6 is 23.1 Å². The zero-order valence-electron chi connectivity index (χ0n) is 21.5. The molecule has 3 aromatic carbocycles. The van der Waals surface area contributed by atoms with Crippen molar-refractivity contribution in [1.82, 2.24) is 0 Å². The molecule has 4 nitrogen and oxygen atoms in total. The van der Waals surface area contributed by atoms with E-state index in [1.165, 1.54) is 28.7 Å². The van der Waals surface area contributed by atoms with Crippen LogP contribution in [-0.2, 0) is 14.9 Å². The van der Waals surface area contributed by atoms with E-state index in [-0.39, 0.29) is 17.9 Å². The van der Waals surface area contributed by atoms with Crippen molar-refractivity contribution in [3.63, 3.8) is 0 Å². The van der Waals surface area contributed by atoms with E-state index in [1.807, 2.05) is 78.2 Å². The van der Waals surface area contributed by atoms with E-state index in [9.17, 15) is 9.59 Å².